The van der Waals surface area contributed by atoms with Gasteiger partial charge in [-0.2, -0.15) is 4.39 Å². The highest BCUT2D eigenvalue weighted by molar-refractivity contribution is 9.10. The zero-order chi connectivity index (χ0) is 11.2. The maximum atomic E-state index is 13.4. The number of halogens is 3. The van der Waals surface area contributed by atoms with Crippen LogP contribution in [-0.4, -0.2) is 13.2 Å². The zero-order valence-electron chi connectivity index (χ0n) is 8.27. The minimum absolute atomic E-state index is 0.00808. The van der Waals surface area contributed by atoms with Crippen molar-refractivity contribution >= 4 is 15.9 Å². The van der Waals surface area contributed by atoms with Gasteiger partial charge < -0.3 is 10.1 Å². The summed E-state index contributed by atoms with van der Waals surface area (Å²) < 4.78 is 32.3. The number of likely N-dealkylation sites (N-methyl/N-ethyl adjacent to an activating group) is 1. The predicted octanol–water partition coefficient (Wildman–Crippen LogP) is 2.77. The van der Waals surface area contributed by atoms with E-state index >= 15 is 0 Å². The second-order valence-electron chi connectivity index (χ2n) is 3.49. The molecule has 0 saturated heterocycles. The second kappa shape index (κ2) is 3.72. The lowest BCUT2D eigenvalue weighted by atomic mass is 10.0. The van der Waals surface area contributed by atoms with E-state index < -0.39 is 11.6 Å². The fraction of sp³-hybridized carbons (Fsp3) is 0.400. The summed E-state index contributed by atoms with van der Waals surface area (Å²) in [6.07, 6.45) is -0.211. The summed E-state index contributed by atoms with van der Waals surface area (Å²) in [4.78, 5) is 0. The molecule has 0 fully saturated rings. The van der Waals surface area contributed by atoms with Gasteiger partial charge in [0.1, 0.15) is 6.10 Å². The van der Waals surface area contributed by atoms with E-state index in [1.54, 1.807) is 7.05 Å². The minimum Gasteiger partial charge on any atom is -0.485 e. The average Bonchev–Trinajstić information content (AvgIpc) is 2.52. The fourth-order valence-electron chi connectivity index (χ4n) is 1.86. The molecule has 0 bridgehead atoms. The van der Waals surface area contributed by atoms with Crippen LogP contribution in [0.15, 0.2) is 10.5 Å². The van der Waals surface area contributed by atoms with Crippen molar-refractivity contribution in [3.63, 3.8) is 0 Å². The third-order valence-electron chi connectivity index (χ3n) is 2.56. The lowest BCUT2D eigenvalue weighted by Gasteiger charge is -2.13. The maximum Gasteiger partial charge on any atom is 0.201 e. The molecule has 2 nitrogen and oxygen atoms in total. The maximum absolute atomic E-state index is 13.4. The molecule has 0 amide bonds. The van der Waals surface area contributed by atoms with Gasteiger partial charge in [-0.05, 0) is 20.0 Å². The van der Waals surface area contributed by atoms with Crippen LogP contribution in [0.1, 0.15) is 18.5 Å². The number of hydrogen-bond donors (Lipinski definition) is 1. The zero-order valence-corrected chi connectivity index (χ0v) is 9.86. The monoisotopic (exact) mass is 277 g/mol. The number of ether oxygens (including phenoxy) is 1. The standard InChI is InChI=1S/C10H10BrF2NO/c1-4-9(14-2)7-5(11)3-6(12)8(13)10(7)15-4/h3-4,9,14H,1-2H3. The van der Waals surface area contributed by atoms with E-state index in [1.807, 2.05) is 6.92 Å². The van der Waals surface area contributed by atoms with Crippen LogP contribution in [-0.2, 0) is 0 Å². The highest BCUT2D eigenvalue weighted by Crippen LogP contribution is 2.43. The molecule has 1 N–H and O–H groups in total. The molecular weight excluding hydrogens is 268 g/mol. The van der Waals surface area contributed by atoms with Crippen LogP contribution < -0.4 is 10.1 Å². The Kier molecular flexibility index (Phi) is 2.68. The first-order chi connectivity index (χ1) is 7.06. The summed E-state index contributed by atoms with van der Waals surface area (Å²) in [6.45, 7) is 1.81. The number of hydrogen-bond acceptors (Lipinski definition) is 2. The van der Waals surface area contributed by atoms with Crippen LogP contribution in [0.25, 0.3) is 0 Å². The van der Waals surface area contributed by atoms with Crippen molar-refractivity contribution in [1.29, 1.82) is 0 Å². The number of benzene rings is 1. The number of nitrogens with one attached hydrogen (secondary N) is 1. The Balaban J connectivity index is 2.62. The molecule has 0 spiro atoms. The quantitative estimate of drug-likeness (QED) is 0.797. The Bertz CT molecular complexity index is 411. The van der Waals surface area contributed by atoms with Crippen molar-refractivity contribution in [2.45, 2.75) is 19.1 Å². The molecule has 5 heteroatoms. The molecule has 1 aliphatic rings. The van der Waals surface area contributed by atoms with Crippen LogP contribution in [0.5, 0.6) is 5.75 Å². The summed E-state index contributed by atoms with van der Waals surface area (Å²) in [7, 11) is 1.76. The highest BCUT2D eigenvalue weighted by atomic mass is 79.9. The third-order valence-corrected chi connectivity index (χ3v) is 3.22. The highest BCUT2D eigenvalue weighted by Gasteiger charge is 2.35. The lowest BCUT2D eigenvalue weighted by Crippen LogP contribution is -2.25. The second-order valence-corrected chi connectivity index (χ2v) is 4.34. The lowest BCUT2D eigenvalue weighted by molar-refractivity contribution is 0.206. The van der Waals surface area contributed by atoms with Crippen LogP contribution in [0.4, 0.5) is 8.78 Å². The first kappa shape index (κ1) is 10.8. The van der Waals surface area contributed by atoms with Gasteiger partial charge in [0.05, 0.1) is 6.04 Å². The van der Waals surface area contributed by atoms with E-state index in [1.165, 1.54) is 0 Å². The van der Waals surface area contributed by atoms with Crippen molar-refractivity contribution in [3.8, 4) is 5.75 Å². The van der Waals surface area contributed by atoms with Crippen molar-refractivity contribution in [2.75, 3.05) is 7.05 Å². The van der Waals surface area contributed by atoms with Gasteiger partial charge >= 0.3 is 0 Å². The van der Waals surface area contributed by atoms with Gasteiger partial charge in [0.2, 0.25) is 5.82 Å². The van der Waals surface area contributed by atoms with Crippen LogP contribution in [0.2, 0.25) is 0 Å². The number of rotatable bonds is 1. The molecule has 0 radical (unpaired) electrons. The van der Waals surface area contributed by atoms with Crippen molar-refractivity contribution in [1.82, 2.24) is 5.32 Å². The predicted molar refractivity (Wildman–Crippen MR) is 55.9 cm³/mol. The first-order valence-electron chi connectivity index (χ1n) is 4.57. The molecule has 0 aliphatic carbocycles. The molecule has 2 unspecified atom stereocenters. The molecule has 1 aromatic rings. The van der Waals surface area contributed by atoms with Crippen LogP contribution in [0.3, 0.4) is 0 Å². The Hall–Kier alpha value is -0.680. The van der Waals surface area contributed by atoms with E-state index in [-0.39, 0.29) is 17.9 Å². The molecule has 1 aliphatic heterocycles. The summed E-state index contributed by atoms with van der Waals surface area (Å²) in [5.41, 5.74) is 0.643. The Morgan fingerprint density at radius 3 is 2.73 bits per heavy atom. The van der Waals surface area contributed by atoms with E-state index in [0.29, 0.717) is 10.0 Å². The average molecular weight is 278 g/mol. The SMILES string of the molecule is CNC1c2c(Br)cc(F)c(F)c2OC1C. The molecule has 2 atom stereocenters. The molecule has 15 heavy (non-hydrogen) atoms. The van der Waals surface area contributed by atoms with Crippen molar-refractivity contribution in [3.05, 3.63) is 27.7 Å². The van der Waals surface area contributed by atoms with Gasteiger partial charge in [0.15, 0.2) is 11.6 Å². The molecule has 0 saturated carbocycles. The Morgan fingerprint density at radius 2 is 2.13 bits per heavy atom. The molecular formula is C10H10BrF2NO. The summed E-state index contributed by atoms with van der Waals surface area (Å²) in [5, 5.41) is 3.01. The summed E-state index contributed by atoms with van der Waals surface area (Å²) in [6, 6.07) is 1.00. The van der Waals surface area contributed by atoms with Gasteiger partial charge in [-0.3, -0.25) is 0 Å². The third kappa shape index (κ3) is 1.54. The topological polar surface area (TPSA) is 21.3 Å². The van der Waals surface area contributed by atoms with Gasteiger partial charge in [-0.15, -0.1) is 0 Å². The number of fused-ring (bicyclic) bond motifs is 1. The molecule has 1 heterocycles. The van der Waals surface area contributed by atoms with E-state index in [9.17, 15) is 8.78 Å². The Labute approximate surface area is 94.7 Å². The first-order valence-corrected chi connectivity index (χ1v) is 5.37. The van der Waals surface area contributed by atoms with Crippen molar-refractivity contribution < 1.29 is 13.5 Å². The van der Waals surface area contributed by atoms with Crippen molar-refractivity contribution in [2.24, 2.45) is 0 Å². The molecule has 2 rings (SSSR count). The van der Waals surface area contributed by atoms with E-state index in [4.69, 9.17) is 4.74 Å². The van der Waals surface area contributed by atoms with Crippen LogP contribution in [0, 0.1) is 11.6 Å². The Morgan fingerprint density at radius 1 is 1.47 bits per heavy atom. The van der Waals surface area contributed by atoms with Gasteiger partial charge in [-0.25, -0.2) is 4.39 Å². The van der Waals surface area contributed by atoms with Crippen LogP contribution >= 0.6 is 15.9 Å². The van der Waals surface area contributed by atoms with Gasteiger partial charge in [-0.1, -0.05) is 15.9 Å². The molecule has 1 aromatic carbocycles. The van der Waals surface area contributed by atoms with Gasteiger partial charge in [0.25, 0.3) is 0 Å². The molecule has 82 valence electrons. The summed E-state index contributed by atoms with van der Waals surface area (Å²) >= 11 is 3.21. The van der Waals surface area contributed by atoms with Gasteiger partial charge in [0, 0.05) is 10.0 Å². The summed E-state index contributed by atoms with van der Waals surface area (Å²) in [5.74, 6) is -1.81. The van der Waals surface area contributed by atoms with E-state index in [0.717, 1.165) is 6.07 Å². The fourth-order valence-corrected chi connectivity index (χ4v) is 2.49. The van der Waals surface area contributed by atoms with E-state index in [2.05, 4.69) is 21.2 Å². The largest absolute Gasteiger partial charge is 0.485 e. The smallest absolute Gasteiger partial charge is 0.201 e. The normalized spacial score (nSPS) is 23.8. The molecule has 0 aromatic heterocycles. The minimum atomic E-state index is -0.919.